The molecule has 2 N–H and O–H groups in total. The van der Waals surface area contributed by atoms with Gasteiger partial charge < -0.3 is 10.4 Å². The first-order chi connectivity index (χ1) is 8.61. The van der Waals surface area contributed by atoms with E-state index in [0.717, 1.165) is 15.4 Å². The maximum atomic E-state index is 9.36. The molecule has 0 heterocycles. The summed E-state index contributed by atoms with van der Waals surface area (Å²) in [6.45, 7) is 2.48. The van der Waals surface area contributed by atoms with E-state index in [-0.39, 0.29) is 0 Å². The van der Waals surface area contributed by atoms with Crippen LogP contribution in [0.1, 0.15) is 37.8 Å². The van der Waals surface area contributed by atoms with Crippen molar-refractivity contribution in [2.75, 3.05) is 6.61 Å². The molecular weight excluding hydrogens is 358 g/mol. The zero-order valence-electron chi connectivity index (χ0n) is 10.5. The predicted molar refractivity (Wildman–Crippen MR) is 81.6 cm³/mol. The highest BCUT2D eigenvalue weighted by molar-refractivity contribution is 9.11. The summed E-state index contributed by atoms with van der Waals surface area (Å²) < 4.78 is 2.20. The molecule has 0 saturated heterocycles. The van der Waals surface area contributed by atoms with E-state index >= 15 is 0 Å². The Balaban J connectivity index is 2.05. The van der Waals surface area contributed by atoms with Gasteiger partial charge in [-0.1, -0.05) is 44.3 Å². The number of aliphatic hydroxyl groups is 1. The molecule has 2 rings (SSSR count). The molecule has 3 unspecified atom stereocenters. The minimum absolute atomic E-state index is 0.296. The SMILES string of the molecule is CC(NC1CCCC1CO)c1ccc(Br)cc1Br. The standard InChI is InChI=1S/C14H19Br2NO/c1-9(12-6-5-11(15)7-13(12)16)17-14-4-2-3-10(14)8-18/h5-7,9-10,14,17-18H,2-4,8H2,1H3. The smallest absolute Gasteiger partial charge is 0.0474 e. The summed E-state index contributed by atoms with van der Waals surface area (Å²) in [6.07, 6.45) is 3.53. The summed E-state index contributed by atoms with van der Waals surface area (Å²) in [5.74, 6) is 0.418. The van der Waals surface area contributed by atoms with Gasteiger partial charge in [-0.3, -0.25) is 0 Å². The van der Waals surface area contributed by atoms with Crippen LogP contribution in [-0.4, -0.2) is 17.8 Å². The van der Waals surface area contributed by atoms with Crippen LogP contribution >= 0.6 is 31.9 Å². The van der Waals surface area contributed by atoms with E-state index in [1.54, 1.807) is 0 Å². The van der Waals surface area contributed by atoms with Crippen LogP contribution in [0.15, 0.2) is 27.1 Å². The minimum Gasteiger partial charge on any atom is -0.396 e. The summed E-state index contributed by atoms with van der Waals surface area (Å²) in [5.41, 5.74) is 1.27. The van der Waals surface area contributed by atoms with E-state index in [9.17, 15) is 5.11 Å². The summed E-state index contributed by atoms with van der Waals surface area (Å²) in [5, 5.41) is 13.0. The molecular formula is C14H19Br2NO. The fourth-order valence-electron chi connectivity index (χ4n) is 2.74. The molecule has 1 aliphatic rings. The molecule has 0 amide bonds. The Morgan fingerprint density at radius 3 is 2.83 bits per heavy atom. The van der Waals surface area contributed by atoms with Crippen molar-refractivity contribution in [1.29, 1.82) is 0 Å². The van der Waals surface area contributed by atoms with Crippen LogP contribution in [0.4, 0.5) is 0 Å². The van der Waals surface area contributed by atoms with Crippen molar-refractivity contribution >= 4 is 31.9 Å². The third kappa shape index (κ3) is 3.35. The third-order valence-corrected chi connectivity index (χ3v) is 4.97. The number of rotatable bonds is 4. The van der Waals surface area contributed by atoms with Crippen molar-refractivity contribution in [3.63, 3.8) is 0 Å². The largest absolute Gasteiger partial charge is 0.396 e. The van der Waals surface area contributed by atoms with Crippen molar-refractivity contribution in [3.8, 4) is 0 Å². The van der Waals surface area contributed by atoms with E-state index < -0.39 is 0 Å². The van der Waals surface area contributed by atoms with Gasteiger partial charge in [0.05, 0.1) is 0 Å². The van der Waals surface area contributed by atoms with Crippen molar-refractivity contribution in [2.24, 2.45) is 5.92 Å². The van der Waals surface area contributed by atoms with Crippen molar-refractivity contribution < 1.29 is 5.11 Å². The molecule has 0 spiro atoms. The maximum absolute atomic E-state index is 9.36. The molecule has 1 aromatic rings. The molecule has 0 aliphatic heterocycles. The van der Waals surface area contributed by atoms with E-state index in [0.29, 0.717) is 24.6 Å². The van der Waals surface area contributed by atoms with Crippen molar-refractivity contribution in [2.45, 2.75) is 38.3 Å². The second-order valence-corrected chi connectivity index (χ2v) is 6.80. The van der Waals surface area contributed by atoms with E-state index in [1.807, 2.05) is 0 Å². The number of benzene rings is 1. The lowest BCUT2D eigenvalue weighted by atomic mass is 10.0. The molecule has 0 aromatic heterocycles. The first-order valence-electron chi connectivity index (χ1n) is 6.43. The van der Waals surface area contributed by atoms with Crippen LogP contribution in [-0.2, 0) is 0 Å². The van der Waals surface area contributed by atoms with Gasteiger partial charge in [-0.2, -0.15) is 0 Å². The molecule has 1 aromatic carbocycles. The topological polar surface area (TPSA) is 32.3 Å². The molecule has 3 atom stereocenters. The van der Waals surface area contributed by atoms with Crippen LogP contribution in [0.2, 0.25) is 0 Å². The van der Waals surface area contributed by atoms with Gasteiger partial charge in [0.15, 0.2) is 0 Å². The van der Waals surface area contributed by atoms with Gasteiger partial charge in [0.25, 0.3) is 0 Å². The number of hydrogen-bond donors (Lipinski definition) is 2. The predicted octanol–water partition coefficient (Wildman–Crippen LogP) is 4.02. The molecule has 1 aliphatic carbocycles. The van der Waals surface area contributed by atoms with Gasteiger partial charge in [0.1, 0.15) is 0 Å². The van der Waals surface area contributed by atoms with Gasteiger partial charge in [-0.25, -0.2) is 0 Å². The molecule has 0 bridgehead atoms. The average Bonchev–Trinajstić information content (AvgIpc) is 2.76. The lowest BCUT2D eigenvalue weighted by Gasteiger charge is -2.25. The van der Waals surface area contributed by atoms with Gasteiger partial charge in [-0.05, 0) is 43.4 Å². The van der Waals surface area contributed by atoms with Crippen LogP contribution in [0, 0.1) is 5.92 Å². The lowest BCUT2D eigenvalue weighted by Crippen LogP contribution is -2.35. The van der Waals surface area contributed by atoms with Gasteiger partial charge in [0, 0.05) is 27.6 Å². The molecule has 1 fully saturated rings. The van der Waals surface area contributed by atoms with Gasteiger partial charge >= 0.3 is 0 Å². The van der Waals surface area contributed by atoms with Gasteiger partial charge in [-0.15, -0.1) is 0 Å². The van der Waals surface area contributed by atoms with Crippen molar-refractivity contribution in [1.82, 2.24) is 5.32 Å². The Hall–Kier alpha value is 0.1000. The van der Waals surface area contributed by atoms with Crippen LogP contribution in [0.3, 0.4) is 0 Å². The molecule has 1 saturated carbocycles. The number of aliphatic hydroxyl groups excluding tert-OH is 1. The fourth-order valence-corrected chi connectivity index (χ4v) is 4.13. The zero-order valence-corrected chi connectivity index (χ0v) is 13.7. The first-order valence-corrected chi connectivity index (χ1v) is 8.02. The molecule has 0 radical (unpaired) electrons. The quantitative estimate of drug-likeness (QED) is 0.831. The molecule has 2 nitrogen and oxygen atoms in total. The monoisotopic (exact) mass is 375 g/mol. The van der Waals surface area contributed by atoms with Crippen molar-refractivity contribution in [3.05, 3.63) is 32.7 Å². The Morgan fingerprint density at radius 2 is 2.17 bits per heavy atom. The summed E-state index contributed by atoms with van der Waals surface area (Å²) >= 11 is 7.08. The highest BCUT2D eigenvalue weighted by atomic mass is 79.9. The second kappa shape index (κ2) is 6.51. The molecule has 18 heavy (non-hydrogen) atoms. The highest BCUT2D eigenvalue weighted by Crippen LogP contribution is 2.30. The lowest BCUT2D eigenvalue weighted by molar-refractivity contribution is 0.200. The normalized spacial score (nSPS) is 25.3. The van der Waals surface area contributed by atoms with E-state index in [1.165, 1.54) is 18.4 Å². The summed E-state index contributed by atoms with van der Waals surface area (Å²) in [7, 11) is 0. The Kier molecular flexibility index (Phi) is 5.24. The van der Waals surface area contributed by atoms with Crippen LogP contribution in [0.5, 0.6) is 0 Å². The Bertz CT molecular complexity index is 411. The third-order valence-electron chi connectivity index (χ3n) is 3.79. The number of nitrogens with one attached hydrogen (secondary N) is 1. The fraction of sp³-hybridized carbons (Fsp3) is 0.571. The molecule has 100 valence electrons. The van der Waals surface area contributed by atoms with Gasteiger partial charge in [0.2, 0.25) is 0 Å². The van der Waals surface area contributed by atoms with E-state index in [2.05, 4.69) is 62.3 Å². The summed E-state index contributed by atoms with van der Waals surface area (Å²) in [6, 6.07) is 7.02. The Labute approximate surface area is 125 Å². The highest BCUT2D eigenvalue weighted by Gasteiger charge is 2.27. The second-order valence-electron chi connectivity index (χ2n) is 5.03. The first kappa shape index (κ1) is 14.5. The summed E-state index contributed by atoms with van der Waals surface area (Å²) in [4.78, 5) is 0. The number of hydrogen-bond acceptors (Lipinski definition) is 2. The molecule has 4 heteroatoms. The Morgan fingerprint density at radius 1 is 1.39 bits per heavy atom. The maximum Gasteiger partial charge on any atom is 0.0474 e. The number of halogens is 2. The minimum atomic E-state index is 0.296. The average molecular weight is 377 g/mol. The van der Waals surface area contributed by atoms with E-state index in [4.69, 9.17) is 0 Å². The van der Waals surface area contributed by atoms with Crippen LogP contribution < -0.4 is 5.32 Å². The zero-order chi connectivity index (χ0) is 13.1. The van der Waals surface area contributed by atoms with Crippen LogP contribution in [0.25, 0.3) is 0 Å².